The van der Waals surface area contributed by atoms with Crippen molar-refractivity contribution in [2.45, 2.75) is 58.5 Å². The van der Waals surface area contributed by atoms with Crippen molar-refractivity contribution < 1.29 is 0 Å². The highest BCUT2D eigenvalue weighted by atomic mass is 15.4. The molecule has 0 amide bonds. The van der Waals surface area contributed by atoms with Crippen LogP contribution in [0, 0.1) is 10.8 Å². The third-order valence-corrected chi connectivity index (χ3v) is 5.48. The first-order chi connectivity index (χ1) is 7.37. The van der Waals surface area contributed by atoms with E-state index in [0.29, 0.717) is 16.4 Å². The van der Waals surface area contributed by atoms with E-state index in [0.717, 1.165) is 6.04 Å². The van der Waals surface area contributed by atoms with E-state index >= 15 is 0 Å². The Bertz CT molecular complexity index is 312. The van der Waals surface area contributed by atoms with Gasteiger partial charge in [-0.1, -0.05) is 13.8 Å². The highest BCUT2D eigenvalue weighted by molar-refractivity contribution is 5.21. The zero-order valence-electron chi connectivity index (χ0n) is 11.3. The van der Waals surface area contributed by atoms with E-state index in [-0.39, 0.29) is 0 Å². The van der Waals surface area contributed by atoms with Gasteiger partial charge < -0.3 is 5.32 Å². The summed E-state index contributed by atoms with van der Waals surface area (Å²) in [7, 11) is 0. The smallest absolute Gasteiger partial charge is 0.0343 e. The molecule has 2 heteroatoms. The van der Waals surface area contributed by atoms with Crippen molar-refractivity contribution in [1.29, 1.82) is 0 Å². The van der Waals surface area contributed by atoms with Gasteiger partial charge in [0, 0.05) is 24.7 Å². The van der Waals surface area contributed by atoms with Crippen molar-refractivity contribution in [3.05, 3.63) is 0 Å². The first kappa shape index (κ1) is 11.0. The third kappa shape index (κ3) is 1.46. The summed E-state index contributed by atoms with van der Waals surface area (Å²) < 4.78 is 0. The van der Waals surface area contributed by atoms with Crippen LogP contribution in [0.15, 0.2) is 0 Å². The molecule has 16 heavy (non-hydrogen) atoms. The molecule has 0 bridgehead atoms. The van der Waals surface area contributed by atoms with Gasteiger partial charge in [-0.15, -0.1) is 0 Å². The Balaban J connectivity index is 1.80. The molecule has 3 rings (SSSR count). The minimum Gasteiger partial charge on any atom is -0.316 e. The zero-order valence-corrected chi connectivity index (χ0v) is 11.3. The Labute approximate surface area is 99.8 Å². The molecule has 2 nitrogen and oxygen atoms in total. The van der Waals surface area contributed by atoms with E-state index in [1.165, 1.54) is 38.9 Å². The molecule has 0 aromatic heterocycles. The summed E-state index contributed by atoms with van der Waals surface area (Å²) in [5, 5.41) is 3.62. The van der Waals surface area contributed by atoms with Crippen LogP contribution in [-0.2, 0) is 0 Å². The number of hydrogen-bond acceptors (Lipinski definition) is 2. The lowest BCUT2D eigenvalue weighted by molar-refractivity contribution is 0.162. The molecule has 3 aliphatic heterocycles. The van der Waals surface area contributed by atoms with Crippen molar-refractivity contribution in [2.75, 3.05) is 19.6 Å². The molecule has 0 radical (unpaired) electrons. The molecule has 1 N–H and O–H groups in total. The second-order valence-corrected chi connectivity index (χ2v) is 7.61. The van der Waals surface area contributed by atoms with E-state index in [4.69, 9.17) is 0 Å². The second kappa shape index (κ2) is 3.02. The minimum atomic E-state index is 0.480. The van der Waals surface area contributed by atoms with E-state index < -0.39 is 0 Å². The summed E-state index contributed by atoms with van der Waals surface area (Å²) in [6, 6.07) is 0.845. The van der Waals surface area contributed by atoms with Crippen LogP contribution in [0.5, 0.6) is 0 Å². The average Bonchev–Trinajstić information content (AvgIpc) is 2.54. The molecule has 4 atom stereocenters. The summed E-state index contributed by atoms with van der Waals surface area (Å²) in [6.07, 6.45) is 4.23. The molecule has 0 aliphatic carbocycles. The summed E-state index contributed by atoms with van der Waals surface area (Å²) in [5.74, 6) is 0. The predicted molar refractivity (Wildman–Crippen MR) is 67.5 cm³/mol. The largest absolute Gasteiger partial charge is 0.316 e. The van der Waals surface area contributed by atoms with E-state index in [1.54, 1.807) is 0 Å². The normalized spacial score (nSPS) is 54.8. The van der Waals surface area contributed by atoms with Crippen molar-refractivity contribution >= 4 is 0 Å². The molecular formula is C14H26N2. The van der Waals surface area contributed by atoms with Crippen LogP contribution in [0.2, 0.25) is 0 Å². The Morgan fingerprint density at radius 2 is 1.94 bits per heavy atom. The molecule has 92 valence electrons. The van der Waals surface area contributed by atoms with E-state index in [2.05, 4.69) is 37.9 Å². The van der Waals surface area contributed by atoms with Crippen LogP contribution in [0.25, 0.3) is 0 Å². The predicted octanol–water partition coefficient (Wildman–Crippen LogP) is 2.25. The van der Waals surface area contributed by atoms with Crippen LogP contribution in [0.1, 0.15) is 47.0 Å². The summed E-state index contributed by atoms with van der Waals surface area (Å²) in [6.45, 7) is 13.5. The zero-order chi connectivity index (χ0) is 11.6. The fourth-order valence-electron chi connectivity index (χ4n) is 4.67. The molecular weight excluding hydrogens is 196 g/mol. The molecule has 0 saturated carbocycles. The lowest BCUT2D eigenvalue weighted by Gasteiger charge is -2.36. The first-order valence-corrected chi connectivity index (χ1v) is 6.85. The summed E-state index contributed by atoms with van der Waals surface area (Å²) in [4.78, 5) is 2.73. The van der Waals surface area contributed by atoms with Gasteiger partial charge in [-0.3, -0.25) is 4.90 Å². The van der Waals surface area contributed by atoms with Crippen LogP contribution in [0.4, 0.5) is 0 Å². The fraction of sp³-hybridized carbons (Fsp3) is 1.00. The van der Waals surface area contributed by atoms with Gasteiger partial charge in [0.15, 0.2) is 0 Å². The van der Waals surface area contributed by atoms with Gasteiger partial charge in [-0.05, 0) is 50.5 Å². The number of piperidine rings is 1. The van der Waals surface area contributed by atoms with Crippen molar-refractivity contribution in [3.8, 4) is 0 Å². The Morgan fingerprint density at radius 1 is 1.19 bits per heavy atom. The molecule has 3 heterocycles. The average molecular weight is 222 g/mol. The molecule has 0 aromatic carbocycles. The SMILES string of the molecule is CC1N2CC3(CCNCC(C)(C)C3)CC12C. The van der Waals surface area contributed by atoms with Gasteiger partial charge in [0.25, 0.3) is 0 Å². The van der Waals surface area contributed by atoms with Gasteiger partial charge in [-0.25, -0.2) is 0 Å². The number of nitrogens with one attached hydrogen (secondary N) is 1. The minimum absolute atomic E-state index is 0.480. The van der Waals surface area contributed by atoms with E-state index in [1.807, 2.05) is 0 Å². The maximum Gasteiger partial charge on any atom is 0.0343 e. The molecule has 1 spiro atoms. The van der Waals surface area contributed by atoms with Crippen molar-refractivity contribution in [2.24, 2.45) is 10.8 Å². The molecule has 3 saturated heterocycles. The van der Waals surface area contributed by atoms with Crippen LogP contribution in [0.3, 0.4) is 0 Å². The number of rotatable bonds is 0. The lowest BCUT2D eigenvalue weighted by Crippen LogP contribution is -2.33. The van der Waals surface area contributed by atoms with Gasteiger partial charge in [0.1, 0.15) is 0 Å². The number of nitrogens with zero attached hydrogens (tertiary/aromatic N) is 1. The molecule has 0 aromatic rings. The van der Waals surface area contributed by atoms with Gasteiger partial charge in [0.2, 0.25) is 0 Å². The maximum absolute atomic E-state index is 3.62. The maximum atomic E-state index is 3.62. The van der Waals surface area contributed by atoms with Crippen molar-refractivity contribution in [1.82, 2.24) is 10.2 Å². The quantitative estimate of drug-likeness (QED) is 0.632. The summed E-state index contributed by atoms with van der Waals surface area (Å²) >= 11 is 0. The second-order valence-electron chi connectivity index (χ2n) is 7.61. The van der Waals surface area contributed by atoms with Crippen LogP contribution < -0.4 is 5.32 Å². The molecule has 3 fully saturated rings. The van der Waals surface area contributed by atoms with Crippen LogP contribution >= 0.6 is 0 Å². The van der Waals surface area contributed by atoms with Crippen LogP contribution in [-0.4, -0.2) is 36.1 Å². The van der Waals surface area contributed by atoms with Gasteiger partial charge in [-0.2, -0.15) is 0 Å². The number of hydrogen-bond donors (Lipinski definition) is 1. The topological polar surface area (TPSA) is 15.0 Å². The first-order valence-electron chi connectivity index (χ1n) is 6.85. The van der Waals surface area contributed by atoms with Gasteiger partial charge >= 0.3 is 0 Å². The van der Waals surface area contributed by atoms with Gasteiger partial charge in [0.05, 0.1) is 0 Å². The Kier molecular flexibility index (Phi) is 2.09. The lowest BCUT2D eigenvalue weighted by atomic mass is 9.68. The Morgan fingerprint density at radius 3 is 2.56 bits per heavy atom. The molecule has 3 aliphatic rings. The number of fused-ring (bicyclic) bond motifs is 1. The standard InChI is InChI=1S/C14H26N2/c1-11-13(4)8-14(10-16(11)13)5-6-15-9-12(2,3)7-14/h11,15H,5-10H2,1-4H3. The van der Waals surface area contributed by atoms with Crippen molar-refractivity contribution in [3.63, 3.8) is 0 Å². The Hall–Kier alpha value is -0.0800. The summed E-state index contributed by atoms with van der Waals surface area (Å²) in [5.41, 5.74) is 1.66. The monoisotopic (exact) mass is 222 g/mol. The highest BCUT2D eigenvalue weighted by Crippen LogP contribution is 2.60. The fourth-order valence-corrected chi connectivity index (χ4v) is 4.67. The van der Waals surface area contributed by atoms with E-state index in [9.17, 15) is 0 Å². The molecule has 4 unspecified atom stereocenters. The third-order valence-electron chi connectivity index (χ3n) is 5.48. The highest BCUT2D eigenvalue weighted by Gasteiger charge is 2.66.